The molecule has 2 amide bonds. The SMILES string of the molecule is CN1CCN(CCCOc2cccc(Nc3nccc(-c4c(-c5cccc(NC(=O)Nc6ccccc6Cl)c5)nc5sccn45)n3)c2)CC1. The summed E-state index contributed by atoms with van der Waals surface area (Å²) in [6, 6.07) is 24.0. The van der Waals surface area contributed by atoms with Crippen molar-refractivity contribution in [2.75, 3.05) is 62.3 Å². The number of carbonyl (C=O) groups excluding carboxylic acids is 1. The topological polar surface area (TPSA) is 112 Å². The van der Waals surface area contributed by atoms with Crippen LogP contribution in [-0.4, -0.2) is 81.6 Å². The number of fused-ring (bicyclic) bond motifs is 1. The Labute approximate surface area is 293 Å². The van der Waals surface area contributed by atoms with E-state index in [9.17, 15) is 4.79 Å². The fourth-order valence-corrected chi connectivity index (χ4v) is 6.61. The number of piperazine rings is 1. The van der Waals surface area contributed by atoms with Gasteiger partial charge in [0.25, 0.3) is 0 Å². The Kier molecular flexibility index (Phi) is 9.99. The Morgan fingerprint density at radius 1 is 0.939 bits per heavy atom. The molecule has 1 aliphatic rings. The number of anilines is 4. The van der Waals surface area contributed by atoms with E-state index in [1.54, 1.807) is 18.3 Å². The molecule has 4 heterocycles. The molecule has 6 aromatic rings. The predicted octanol–water partition coefficient (Wildman–Crippen LogP) is 7.58. The van der Waals surface area contributed by atoms with Gasteiger partial charge in [0.15, 0.2) is 4.96 Å². The van der Waals surface area contributed by atoms with Gasteiger partial charge in [0.1, 0.15) is 11.4 Å². The van der Waals surface area contributed by atoms with Gasteiger partial charge in [0.2, 0.25) is 5.95 Å². The van der Waals surface area contributed by atoms with Crippen LogP contribution >= 0.6 is 22.9 Å². The van der Waals surface area contributed by atoms with E-state index in [0.717, 1.165) is 72.5 Å². The van der Waals surface area contributed by atoms with Crippen LogP contribution in [0.1, 0.15) is 6.42 Å². The van der Waals surface area contributed by atoms with E-state index in [4.69, 9.17) is 26.3 Å². The number of nitrogens with zero attached hydrogens (tertiary/aromatic N) is 6. The smallest absolute Gasteiger partial charge is 0.323 e. The summed E-state index contributed by atoms with van der Waals surface area (Å²) in [6.45, 7) is 6.16. The van der Waals surface area contributed by atoms with Crippen LogP contribution in [0.5, 0.6) is 5.75 Å². The van der Waals surface area contributed by atoms with Crippen molar-refractivity contribution in [3.63, 3.8) is 0 Å². The first kappa shape index (κ1) is 32.5. The highest BCUT2D eigenvalue weighted by molar-refractivity contribution is 7.15. The number of ether oxygens (including phenoxy) is 1. The van der Waals surface area contributed by atoms with Crippen LogP contribution in [0.4, 0.5) is 27.8 Å². The quantitative estimate of drug-likeness (QED) is 0.119. The van der Waals surface area contributed by atoms with E-state index in [-0.39, 0.29) is 0 Å². The summed E-state index contributed by atoms with van der Waals surface area (Å²) in [4.78, 5) is 32.8. The number of hydrogen-bond donors (Lipinski definition) is 3. The molecule has 3 aromatic carbocycles. The minimum absolute atomic E-state index is 0.400. The Balaban J connectivity index is 1.05. The molecule has 49 heavy (non-hydrogen) atoms. The second-order valence-electron chi connectivity index (χ2n) is 11.8. The zero-order chi connectivity index (χ0) is 33.6. The third kappa shape index (κ3) is 8.01. The molecule has 0 saturated carbocycles. The lowest BCUT2D eigenvalue weighted by molar-refractivity contribution is 0.145. The zero-order valence-electron chi connectivity index (χ0n) is 27.0. The third-order valence-corrected chi connectivity index (χ3v) is 9.34. The second kappa shape index (κ2) is 15.0. The minimum atomic E-state index is -0.400. The average Bonchev–Trinajstić information content (AvgIpc) is 3.71. The van der Waals surface area contributed by atoms with Gasteiger partial charge in [-0.25, -0.2) is 19.7 Å². The molecule has 3 N–H and O–H groups in total. The van der Waals surface area contributed by atoms with Gasteiger partial charge in [0.05, 0.1) is 28.7 Å². The number of nitrogens with one attached hydrogen (secondary N) is 3. The summed E-state index contributed by atoms with van der Waals surface area (Å²) < 4.78 is 8.11. The van der Waals surface area contributed by atoms with Crippen molar-refractivity contribution in [1.82, 2.24) is 29.2 Å². The molecule has 250 valence electrons. The van der Waals surface area contributed by atoms with Gasteiger partial charge < -0.3 is 30.5 Å². The second-order valence-corrected chi connectivity index (χ2v) is 13.0. The van der Waals surface area contributed by atoms with E-state index < -0.39 is 6.03 Å². The van der Waals surface area contributed by atoms with E-state index in [1.807, 2.05) is 82.7 Å². The number of imidazole rings is 1. The maximum absolute atomic E-state index is 12.8. The first-order valence-electron chi connectivity index (χ1n) is 16.1. The summed E-state index contributed by atoms with van der Waals surface area (Å²) in [5.74, 6) is 1.25. The highest BCUT2D eigenvalue weighted by atomic mass is 35.5. The summed E-state index contributed by atoms with van der Waals surface area (Å²) in [6.07, 6.45) is 4.69. The van der Waals surface area contributed by atoms with Gasteiger partial charge >= 0.3 is 6.03 Å². The summed E-state index contributed by atoms with van der Waals surface area (Å²) >= 11 is 7.75. The van der Waals surface area contributed by atoms with E-state index in [0.29, 0.717) is 34.6 Å². The first-order chi connectivity index (χ1) is 24.0. The number of aromatic nitrogens is 4. The maximum Gasteiger partial charge on any atom is 0.323 e. The number of carbonyl (C=O) groups is 1. The van der Waals surface area contributed by atoms with Crippen LogP contribution in [-0.2, 0) is 0 Å². The van der Waals surface area contributed by atoms with Crippen molar-refractivity contribution in [2.45, 2.75) is 6.42 Å². The Morgan fingerprint density at radius 3 is 2.65 bits per heavy atom. The molecule has 1 saturated heterocycles. The van der Waals surface area contributed by atoms with Gasteiger partial charge in [-0.1, -0.05) is 41.9 Å². The monoisotopic (exact) mass is 693 g/mol. The maximum atomic E-state index is 12.8. The lowest BCUT2D eigenvalue weighted by atomic mass is 10.1. The largest absolute Gasteiger partial charge is 0.493 e. The number of urea groups is 1. The highest BCUT2D eigenvalue weighted by Gasteiger charge is 2.19. The fraction of sp³-hybridized carbons (Fsp3) is 0.222. The number of amides is 2. The van der Waals surface area contributed by atoms with Crippen LogP contribution < -0.4 is 20.7 Å². The van der Waals surface area contributed by atoms with Crippen LogP contribution in [0.15, 0.2) is 96.6 Å². The lowest BCUT2D eigenvalue weighted by Gasteiger charge is -2.32. The summed E-state index contributed by atoms with van der Waals surface area (Å²) in [7, 11) is 2.17. The van der Waals surface area contributed by atoms with Gasteiger partial charge in [-0.05, 0) is 55.9 Å². The molecule has 3 aromatic heterocycles. The van der Waals surface area contributed by atoms with Gasteiger partial charge in [-0.2, -0.15) is 0 Å². The number of likely N-dealkylation sites (N-methyl/N-ethyl adjacent to an activating group) is 1. The van der Waals surface area contributed by atoms with Crippen molar-refractivity contribution in [3.05, 3.63) is 102 Å². The standard InChI is InChI=1S/C36H36ClN9O2S/c1-44-16-18-45(19-17-44)15-6-21-48-28-10-5-9-27(24-28)39-34-38-14-13-31(41-34)33-32(43-36-46(33)20-22-49-36)25-7-4-8-26(23-25)40-35(47)42-30-12-3-2-11-29(30)37/h2-5,7-14,20,22-24H,6,15-19,21H2,1H3,(H,38,39,41)(H2,40,42,47). The summed E-state index contributed by atoms with van der Waals surface area (Å²) in [5, 5.41) is 11.5. The number of halogens is 1. The Hall–Kier alpha value is -5.01. The van der Waals surface area contributed by atoms with Crippen LogP contribution in [0, 0.1) is 0 Å². The molecule has 7 rings (SSSR count). The minimum Gasteiger partial charge on any atom is -0.493 e. The lowest BCUT2D eigenvalue weighted by Crippen LogP contribution is -2.44. The first-order valence-corrected chi connectivity index (χ1v) is 17.4. The number of benzene rings is 3. The van der Waals surface area contributed by atoms with Crippen molar-refractivity contribution in [1.29, 1.82) is 0 Å². The van der Waals surface area contributed by atoms with Crippen molar-refractivity contribution in [2.24, 2.45) is 0 Å². The molecule has 0 spiro atoms. The van der Waals surface area contributed by atoms with Crippen LogP contribution in [0.25, 0.3) is 27.6 Å². The van der Waals surface area contributed by atoms with Crippen LogP contribution in [0.3, 0.4) is 0 Å². The number of thiazole rings is 1. The Bertz CT molecular complexity index is 2060. The molecule has 0 atom stereocenters. The van der Waals surface area contributed by atoms with Gasteiger partial charge in [0, 0.05) is 73.5 Å². The predicted molar refractivity (Wildman–Crippen MR) is 197 cm³/mol. The van der Waals surface area contributed by atoms with Crippen molar-refractivity contribution >= 4 is 56.9 Å². The van der Waals surface area contributed by atoms with Crippen molar-refractivity contribution < 1.29 is 9.53 Å². The summed E-state index contributed by atoms with van der Waals surface area (Å²) in [5.41, 5.74) is 5.04. The molecule has 11 nitrogen and oxygen atoms in total. The van der Waals surface area contributed by atoms with Crippen molar-refractivity contribution in [3.8, 4) is 28.4 Å². The molecule has 0 unspecified atom stereocenters. The normalized spacial score (nSPS) is 13.8. The van der Waals surface area contributed by atoms with E-state index >= 15 is 0 Å². The fourth-order valence-electron chi connectivity index (χ4n) is 5.72. The number of rotatable bonds is 11. The zero-order valence-corrected chi connectivity index (χ0v) is 28.5. The average molecular weight is 694 g/mol. The molecule has 0 bridgehead atoms. The van der Waals surface area contributed by atoms with Gasteiger partial charge in [-0.15, -0.1) is 11.3 Å². The van der Waals surface area contributed by atoms with E-state index in [1.165, 1.54) is 11.3 Å². The van der Waals surface area contributed by atoms with E-state index in [2.05, 4.69) is 37.8 Å². The molecular formula is C36H36ClN9O2S. The van der Waals surface area contributed by atoms with Gasteiger partial charge in [-0.3, -0.25) is 4.40 Å². The molecule has 1 fully saturated rings. The number of para-hydroxylation sites is 1. The highest BCUT2D eigenvalue weighted by Crippen LogP contribution is 2.35. The molecular weight excluding hydrogens is 658 g/mol. The molecule has 1 aliphatic heterocycles. The molecule has 13 heteroatoms. The molecule has 0 aliphatic carbocycles. The van der Waals surface area contributed by atoms with Crippen LogP contribution in [0.2, 0.25) is 5.02 Å². The third-order valence-electron chi connectivity index (χ3n) is 8.25. The number of hydrogen-bond acceptors (Lipinski definition) is 9. The Morgan fingerprint density at radius 2 is 1.78 bits per heavy atom. The molecule has 0 radical (unpaired) electrons.